The molecule has 1 saturated heterocycles. The van der Waals surface area contributed by atoms with Crippen LogP contribution in [-0.4, -0.2) is 46.5 Å². The Labute approximate surface area is 162 Å². The predicted octanol–water partition coefficient (Wildman–Crippen LogP) is 4.39. The fourth-order valence-corrected chi connectivity index (χ4v) is 3.81. The molecule has 0 radical (unpaired) electrons. The maximum Gasteiger partial charge on any atom is 0.272 e. The van der Waals surface area contributed by atoms with Crippen LogP contribution in [0, 0.1) is 0 Å². The van der Waals surface area contributed by atoms with Gasteiger partial charge in [0.25, 0.3) is 5.91 Å². The highest BCUT2D eigenvalue weighted by atomic mass is 16.2. The van der Waals surface area contributed by atoms with Gasteiger partial charge in [0.15, 0.2) is 5.82 Å². The number of hydrogen-bond donors (Lipinski definition) is 0. The van der Waals surface area contributed by atoms with E-state index in [1.54, 1.807) is 0 Å². The number of likely N-dealkylation sites (tertiary alicyclic amines) is 1. The fraction of sp³-hybridized carbons (Fsp3) is 0.500. The minimum atomic E-state index is 0.0366. The third kappa shape index (κ3) is 4.29. The first-order valence-electron chi connectivity index (χ1n) is 10.2. The van der Waals surface area contributed by atoms with Gasteiger partial charge in [0.05, 0.1) is 0 Å². The van der Waals surface area contributed by atoms with Gasteiger partial charge in [0, 0.05) is 37.3 Å². The van der Waals surface area contributed by atoms with Crippen molar-refractivity contribution in [1.82, 2.24) is 14.9 Å². The van der Waals surface area contributed by atoms with Gasteiger partial charge < -0.3 is 9.80 Å². The number of hydrogen-bond acceptors (Lipinski definition) is 4. The number of carbonyl (C=O) groups excluding carboxylic acids is 1. The molecule has 0 spiro atoms. The van der Waals surface area contributed by atoms with Crippen molar-refractivity contribution in [3.8, 4) is 11.4 Å². The van der Waals surface area contributed by atoms with Gasteiger partial charge in [-0.05, 0) is 39.5 Å². The van der Waals surface area contributed by atoms with Crippen molar-refractivity contribution in [1.29, 1.82) is 0 Å². The lowest BCUT2D eigenvalue weighted by Crippen LogP contribution is -2.43. The Kier molecular flexibility index (Phi) is 6.43. The van der Waals surface area contributed by atoms with E-state index in [9.17, 15) is 4.79 Å². The van der Waals surface area contributed by atoms with Crippen LogP contribution in [0.4, 0.5) is 5.82 Å². The number of anilines is 1. The van der Waals surface area contributed by atoms with Gasteiger partial charge in [-0.15, -0.1) is 0 Å². The van der Waals surface area contributed by atoms with Crippen molar-refractivity contribution in [2.75, 3.05) is 24.5 Å². The summed E-state index contributed by atoms with van der Waals surface area (Å²) in [5.41, 5.74) is 1.44. The molecule has 2 heterocycles. The molecule has 0 aliphatic carbocycles. The maximum atomic E-state index is 13.3. The Balaban J connectivity index is 2.03. The number of nitrogens with zero attached hydrogens (tertiary/aromatic N) is 4. The number of aromatic nitrogens is 2. The summed E-state index contributed by atoms with van der Waals surface area (Å²) in [6.45, 7) is 8.88. The summed E-state index contributed by atoms with van der Waals surface area (Å²) >= 11 is 0. The average Bonchev–Trinajstić information content (AvgIpc) is 2.74. The molecule has 5 heteroatoms. The zero-order valence-corrected chi connectivity index (χ0v) is 16.7. The molecule has 0 saturated carbocycles. The van der Waals surface area contributed by atoms with E-state index in [-0.39, 0.29) is 5.91 Å². The van der Waals surface area contributed by atoms with Crippen molar-refractivity contribution in [3.05, 3.63) is 42.1 Å². The van der Waals surface area contributed by atoms with Gasteiger partial charge in [-0.1, -0.05) is 37.3 Å². The summed E-state index contributed by atoms with van der Waals surface area (Å²) in [6.07, 6.45) is 4.35. The molecule has 1 aliphatic heterocycles. The number of rotatable bonds is 6. The molecule has 1 aromatic heterocycles. The number of carbonyl (C=O) groups is 1. The minimum Gasteiger partial charge on any atom is -0.357 e. The third-order valence-corrected chi connectivity index (χ3v) is 5.41. The quantitative estimate of drug-likeness (QED) is 0.760. The van der Waals surface area contributed by atoms with Gasteiger partial charge in [-0.2, -0.15) is 0 Å². The van der Waals surface area contributed by atoms with E-state index < -0.39 is 0 Å². The van der Waals surface area contributed by atoms with Gasteiger partial charge in [0.1, 0.15) is 11.5 Å². The van der Waals surface area contributed by atoms with Crippen LogP contribution >= 0.6 is 0 Å². The summed E-state index contributed by atoms with van der Waals surface area (Å²) in [4.78, 5) is 26.9. The van der Waals surface area contributed by atoms with Crippen LogP contribution in [0.25, 0.3) is 11.4 Å². The maximum absolute atomic E-state index is 13.3. The monoisotopic (exact) mass is 366 g/mol. The molecule has 27 heavy (non-hydrogen) atoms. The predicted molar refractivity (Wildman–Crippen MR) is 110 cm³/mol. The number of benzene rings is 1. The molecule has 1 unspecified atom stereocenters. The second kappa shape index (κ2) is 8.98. The molecule has 1 fully saturated rings. The first-order valence-corrected chi connectivity index (χ1v) is 10.2. The summed E-state index contributed by atoms with van der Waals surface area (Å²) in [5.74, 6) is 1.48. The lowest BCUT2D eigenvalue weighted by atomic mass is 9.99. The molecular weight excluding hydrogens is 336 g/mol. The number of amides is 1. The molecule has 0 N–H and O–H groups in total. The fourth-order valence-electron chi connectivity index (χ4n) is 3.81. The first kappa shape index (κ1) is 19.3. The summed E-state index contributed by atoms with van der Waals surface area (Å²) in [6, 6.07) is 12.1. The van der Waals surface area contributed by atoms with Crippen molar-refractivity contribution >= 4 is 11.7 Å². The normalized spacial score (nSPS) is 17.0. The third-order valence-electron chi connectivity index (χ3n) is 5.41. The average molecular weight is 367 g/mol. The summed E-state index contributed by atoms with van der Waals surface area (Å²) < 4.78 is 0. The highest BCUT2D eigenvalue weighted by molar-refractivity contribution is 5.93. The van der Waals surface area contributed by atoms with Crippen molar-refractivity contribution in [2.45, 2.75) is 52.5 Å². The lowest BCUT2D eigenvalue weighted by molar-refractivity contribution is 0.0602. The van der Waals surface area contributed by atoms with Crippen molar-refractivity contribution in [2.24, 2.45) is 0 Å². The second-order valence-electron chi connectivity index (χ2n) is 7.03. The zero-order valence-electron chi connectivity index (χ0n) is 16.7. The Hall–Kier alpha value is -2.43. The molecule has 2 aromatic rings. The standard InChI is InChI=1S/C22H30N4O/c1-4-18-14-10-11-15-26(18)22(27)19-16-20(25(5-2)6-3)24-21(23-19)17-12-8-7-9-13-17/h7-9,12-13,16,18H,4-6,10-11,14-15H2,1-3H3. The second-order valence-corrected chi connectivity index (χ2v) is 7.03. The lowest BCUT2D eigenvalue weighted by Gasteiger charge is -2.35. The zero-order chi connectivity index (χ0) is 19.2. The molecule has 0 bridgehead atoms. The molecule has 1 aromatic carbocycles. The van der Waals surface area contributed by atoms with E-state index in [1.165, 1.54) is 6.42 Å². The van der Waals surface area contributed by atoms with E-state index >= 15 is 0 Å². The van der Waals surface area contributed by atoms with Crippen molar-refractivity contribution < 1.29 is 4.79 Å². The Morgan fingerprint density at radius 3 is 2.52 bits per heavy atom. The number of piperidine rings is 1. The molecule has 1 atom stereocenters. The van der Waals surface area contributed by atoms with Crippen LogP contribution in [0.1, 0.15) is 56.9 Å². The summed E-state index contributed by atoms with van der Waals surface area (Å²) in [5, 5.41) is 0. The van der Waals surface area contributed by atoms with E-state index in [4.69, 9.17) is 4.98 Å². The Morgan fingerprint density at radius 1 is 1.11 bits per heavy atom. The van der Waals surface area contributed by atoms with Gasteiger partial charge in [0.2, 0.25) is 0 Å². The van der Waals surface area contributed by atoms with Crippen LogP contribution in [-0.2, 0) is 0 Å². The van der Waals surface area contributed by atoms with Gasteiger partial charge in [-0.3, -0.25) is 4.79 Å². The molecule has 1 amide bonds. The highest BCUT2D eigenvalue weighted by Gasteiger charge is 2.28. The Morgan fingerprint density at radius 2 is 1.85 bits per heavy atom. The van der Waals surface area contributed by atoms with Crippen LogP contribution in [0.5, 0.6) is 0 Å². The molecule has 1 aliphatic rings. The van der Waals surface area contributed by atoms with E-state index in [1.807, 2.05) is 41.3 Å². The van der Waals surface area contributed by atoms with Gasteiger partial charge >= 0.3 is 0 Å². The van der Waals surface area contributed by atoms with E-state index in [0.29, 0.717) is 17.6 Å². The summed E-state index contributed by atoms with van der Waals surface area (Å²) in [7, 11) is 0. The van der Waals surface area contributed by atoms with Crippen LogP contribution in [0.2, 0.25) is 0 Å². The van der Waals surface area contributed by atoms with Gasteiger partial charge in [-0.25, -0.2) is 9.97 Å². The Bertz CT molecular complexity index is 758. The topological polar surface area (TPSA) is 49.3 Å². The molecule has 5 nitrogen and oxygen atoms in total. The first-order chi connectivity index (χ1) is 13.2. The smallest absolute Gasteiger partial charge is 0.272 e. The van der Waals surface area contributed by atoms with E-state index in [2.05, 4.69) is 30.7 Å². The largest absolute Gasteiger partial charge is 0.357 e. The van der Waals surface area contributed by atoms with Crippen molar-refractivity contribution in [3.63, 3.8) is 0 Å². The van der Waals surface area contributed by atoms with Crippen LogP contribution in [0.15, 0.2) is 36.4 Å². The SMILES string of the molecule is CCC1CCCCN1C(=O)c1cc(N(CC)CC)nc(-c2ccccc2)n1. The minimum absolute atomic E-state index is 0.0366. The molecular formula is C22H30N4O. The van der Waals surface area contributed by atoms with Crippen LogP contribution in [0.3, 0.4) is 0 Å². The molecule has 144 valence electrons. The van der Waals surface area contributed by atoms with Crippen LogP contribution < -0.4 is 4.90 Å². The highest BCUT2D eigenvalue weighted by Crippen LogP contribution is 2.25. The van der Waals surface area contributed by atoms with E-state index in [0.717, 1.165) is 50.3 Å². The molecule has 3 rings (SSSR count).